The number of nitrogens with zero attached hydrogens (tertiary/aromatic N) is 1. The molecule has 1 aliphatic rings. The third-order valence-corrected chi connectivity index (χ3v) is 4.33. The molecule has 3 rings (SSSR count). The highest BCUT2D eigenvalue weighted by Crippen LogP contribution is 2.39. The molecule has 2 atom stereocenters. The summed E-state index contributed by atoms with van der Waals surface area (Å²) >= 11 is 6.24. The summed E-state index contributed by atoms with van der Waals surface area (Å²) in [4.78, 5) is 16.3. The van der Waals surface area contributed by atoms with Gasteiger partial charge in [0.1, 0.15) is 11.5 Å². The number of ether oxygens (including phenoxy) is 2. The summed E-state index contributed by atoms with van der Waals surface area (Å²) in [7, 11) is 0. The van der Waals surface area contributed by atoms with Crippen LogP contribution < -0.4 is 10.1 Å². The van der Waals surface area contributed by atoms with E-state index < -0.39 is 0 Å². The van der Waals surface area contributed by atoms with Gasteiger partial charge in [-0.2, -0.15) is 0 Å². The van der Waals surface area contributed by atoms with E-state index in [0.29, 0.717) is 28.7 Å². The number of hydrogen-bond donors (Lipinski definition) is 1. The summed E-state index contributed by atoms with van der Waals surface area (Å²) in [6.45, 7) is 4.58. The van der Waals surface area contributed by atoms with Crippen LogP contribution in [0.3, 0.4) is 0 Å². The smallest absolute Gasteiger partial charge is 0.251 e. The number of amides is 1. The molecule has 1 saturated carbocycles. The number of nitrogens with one attached hydrogen (secondary N) is 1. The van der Waals surface area contributed by atoms with Gasteiger partial charge in [0.25, 0.3) is 5.91 Å². The second-order valence-electron chi connectivity index (χ2n) is 5.91. The molecule has 24 heavy (non-hydrogen) atoms. The number of carbonyl (C=O) groups is 1. The molecule has 1 amide bonds. The SMILES string of the molecule is CCO[C@@]1(C)C[C@H]1NC(=O)c1ccc(Oc2ccncc2)c(Cl)c1. The second-order valence-corrected chi connectivity index (χ2v) is 6.31. The first kappa shape index (κ1) is 16.7. The van der Waals surface area contributed by atoms with Crippen molar-refractivity contribution in [3.8, 4) is 11.5 Å². The molecule has 1 aromatic heterocycles. The van der Waals surface area contributed by atoms with Crippen molar-refractivity contribution in [2.75, 3.05) is 6.61 Å². The van der Waals surface area contributed by atoms with E-state index in [-0.39, 0.29) is 17.6 Å². The Morgan fingerprint density at radius 3 is 2.79 bits per heavy atom. The van der Waals surface area contributed by atoms with E-state index in [1.165, 1.54) is 0 Å². The number of halogens is 1. The zero-order valence-corrected chi connectivity index (χ0v) is 14.3. The topological polar surface area (TPSA) is 60.5 Å². The van der Waals surface area contributed by atoms with Crippen LogP contribution in [-0.4, -0.2) is 29.1 Å². The fourth-order valence-corrected chi connectivity index (χ4v) is 2.76. The number of hydrogen-bond acceptors (Lipinski definition) is 4. The standard InChI is InChI=1S/C18H19ClN2O3/c1-3-23-18(2)11-16(18)21-17(22)12-4-5-15(14(19)10-12)24-13-6-8-20-9-7-13/h4-10,16H,3,11H2,1-2H3,(H,21,22)/t16-,18+/m1/s1. The van der Waals surface area contributed by atoms with Crippen LogP contribution in [0, 0.1) is 0 Å². The monoisotopic (exact) mass is 346 g/mol. The summed E-state index contributed by atoms with van der Waals surface area (Å²) in [6.07, 6.45) is 4.09. The van der Waals surface area contributed by atoms with Crippen molar-refractivity contribution < 1.29 is 14.3 Å². The Labute approximate surface area is 145 Å². The zero-order chi connectivity index (χ0) is 17.2. The minimum atomic E-state index is -0.251. The van der Waals surface area contributed by atoms with Gasteiger partial charge < -0.3 is 14.8 Å². The Morgan fingerprint density at radius 2 is 2.12 bits per heavy atom. The maximum Gasteiger partial charge on any atom is 0.251 e. The first-order valence-electron chi connectivity index (χ1n) is 7.84. The first-order valence-corrected chi connectivity index (χ1v) is 8.22. The molecule has 0 spiro atoms. The van der Waals surface area contributed by atoms with E-state index >= 15 is 0 Å². The predicted molar refractivity (Wildman–Crippen MR) is 91.7 cm³/mol. The number of benzene rings is 1. The highest BCUT2D eigenvalue weighted by Gasteiger charge is 2.52. The molecule has 1 fully saturated rings. The van der Waals surface area contributed by atoms with Crippen molar-refractivity contribution in [3.63, 3.8) is 0 Å². The molecule has 6 heteroatoms. The molecular formula is C18H19ClN2O3. The molecule has 0 saturated heterocycles. The number of rotatable bonds is 6. The van der Waals surface area contributed by atoms with Crippen molar-refractivity contribution >= 4 is 17.5 Å². The summed E-state index contributed by atoms with van der Waals surface area (Å²) in [6, 6.07) is 8.49. The van der Waals surface area contributed by atoms with Gasteiger partial charge >= 0.3 is 0 Å². The number of pyridine rings is 1. The molecule has 1 N–H and O–H groups in total. The number of carbonyl (C=O) groups excluding carboxylic acids is 1. The van der Waals surface area contributed by atoms with Gasteiger partial charge in [-0.25, -0.2) is 0 Å². The number of aromatic nitrogens is 1. The largest absolute Gasteiger partial charge is 0.456 e. The normalized spacial score (nSPS) is 22.0. The molecule has 1 aromatic carbocycles. The third-order valence-electron chi connectivity index (χ3n) is 4.04. The molecule has 5 nitrogen and oxygen atoms in total. The highest BCUT2D eigenvalue weighted by atomic mass is 35.5. The van der Waals surface area contributed by atoms with Gasteiger partial charge in [0.05, 0.1) is 16.7 Å². The summed E-state index contributed by atoms with van der Waals surface area (Å²) in [5.74, 6) is 0.959. The highest BCUT2D eigenvalue weighted by molar-refractivity contribution is 6.32. The van der Waals surface area contributed by atoms with E-state index in [1.54, 1.807) is 42.7 Å². The van der Waals surface area contributed by atoms with Crippen LogP contribution in [0.25, 0.3) is 0 Å². The van der Waals surface area contributed by atoms with Crippen molar-refractivity contribution in [3.05, 3.63) is 53.3 Å². The molecule has 126 valence electrons. The van der Waals surface area contributed by atoms with Gasteiger partial charge in [-0.3, -0.25) is 9.78 Å². The molecule has 0 aliphatic heterocycles. The fourth-order valence-electron chi connectivity index (χ4n) is 2.54. The summed E-state index contributed by atoms with van der Waals surface area (Å²) in [5, 5.41) is 3.35. The Hall–Kier alpha value is -2.11. The lowest BCUT2D eigenvalue weighted by Gasteiger charge is -2.13. The molecule has 0 unspecified atom stereocenters. The predicted octanol–water partition coefficient (Wildman–Crippen LogP) is 3.82. The van der Waals surface area contributed by atoms with Crippen LogP contribution in [0.1, 0.15) is 30.6 Å². The van der Waals surface area contributed by atoms with Gasteiger partial charge in [0, 0.05) is 31.0 Å². The lowest BCUT2D eigenvalue weighted by Crippen LogP contribution is -2.32. The molecular weight excluding hydrogens is 328 g/mol. The Balaban J connectivity index is 1.65. The summed E-state index contributed by atoms with van der Waals surface area (Å²) < 4.78 is 11.3. The van der Waals surface area contributed by atoms with E-state index in [4.69, 9.17) is 21.1 Å². The van der Waals surface area contributed by atoms with Crippen LogP contribution in [0.2, 0.25) is 5.02 Å². The van der Waals surface area contributed by atoms with Crippen LogP contribution in [0.15, 0.2) is 42.7 Å². The zero-order valence-electron chi connectivity index (χ0n) is 13.6. The van der Waals surface area contributed by atoms with Crippen LogP contribution in [0.5, 0.6) is 11.5 Å². The average Bonchev–Trinajstić information content (AvgIpc) is 3.19. The second kappa shape index (κ2) is 6.79. The van der Waals surface area contributed by atoms with Crippen LogP contribution in [0.4, 0.5) is 0 Å². The van der Waals surface area contributed by atoms with Gasteiger partial charge in [0.2, 0.25) is 0 Å². The lowest BCUT2D eigenvalue weighted by molar-refractivity contribution is 0.0470. The third kappa shape index (κ3) is 3.68. The van der Waals surface area contributed by atoms with Crippen LogP contribution in [-0.2, 0) is 4.74 Å². The van der Waals surface area contributed by atoms with Crippen molar-refractivity contribution in [1.82, 2.24) is 10.3 Å². The Kier molecular flexibility index (Phi) is 4.73. The van der Waals surface area contributed by atoms with Gasteiger partial charge in [0.15, 0.2) is 0 Å². The van der Waals surface area contributed by atoms with Gasteiger partial charge in [-0.1, -0.05) is 11.6 Å². The van der Waals surface area contributed by atoms with E-state index in [1.807, 2.05) is 13.8 Å². The fraction of sp³-hybridized carbons (Fsp3) is 0.333. The molecule has 0 radical (unpaired) electrons. The molecule has 1 aliphatic carbocycles. The molecule has 0 bridgehead atoms. The summed E-state index contributed by atoms with van der Waals surface area (Å²) in [5.41, 5.74) is 0.242. The van der Waals surface area contributed by atoms with Crippen molar-refractivity contribution in [2.24, 2.45) is 0 Å². The molecule has 2 aromatic rings. The quantitative estimate of drug-likeness (QED) is 0.863. The molecule has 1 heterocycles. The van der Waals surface area contributed by atoms with E-state index in [9.17, 15) is 4.79 Å². The Bertz CT molecular complexity index is 738. The first-order chi connectivity index (χ1) is 11.5. The average molecular weight is 347 g/mol. The van der Waals surface area contributed by atoms with Crippen molar-refractivity contribution in [1.29, 1.82) is 0 Å². The van der Waals surface area contributed by atoms with E-state index in [0.717, 1.165) is 6.42 Å². The minimum Gasteiger partial charge on any atom is -0.456 e. The maximum atomic E-state index is 12.3. The van der Waals surface area contributed by atoms with Gasteiger partial charge in [-0.15, -0.1) is 0 Å². The van der Waals surface area contributed by atoms with Crippen LogP contribution >= 0.6 is 11.6 Å². The van der Waals surface area contributed by atoms with E-state index in [2.05, 4.69) is 10.3 Å². The minimum absolute atomic E-state index is 0.0384. The van der Waals surface area contributed by atoms with Gasteiger partial charge in [-0.05, 0) is 44.2 Å². The maximum absolute atomic E-state index is 12.3. The van der Waals surface area contributed by atoms with Crippen molar-refractivity contribution in [2.45, 2.75) is 31.9 Å². The Morgan fingerprint density at radius 1 is 1.38 bits per heavy atom. The lowest BCUT2D eigenvalue weighted by atomic mass is 10.2.